The molecule has 2 rings (SSSR count). The SMILES string of the molecule is CCOC(=O)c1c(C)[nH]c(C(=O)OCC(=O)Nc2cccc(C(=O)NC)c2)c1C. The number of H-pyrrole nitrogens is 1. The number of nitrogens with one attached hydrogen (secondary N) is 3. The largest absolute Gasteiger partial charge is 0.462 e. The molecule has 1 aromatic carbocycles. The minimum atomic E-state index is -0.768. The molecule has 0 fully saturated rings. The number of anilines is 1. The lowest BCUT2D eigenvalue weighted by atomic mass is 10.1. The summed E-state index contributed by atoms with van der Waals surface area (Å²) in [6.45, 7) is 4.60. The summed E-state index contributed by atoms with van der Waals surface area (Å²) in [6, 6.07) is 6.33. The molecule has 1 heterocycles. The molecule has 0 aliphatic heterocycles. The number of hydrogen-bond donors (Lipinski definition) is 3. The van der Waals surface area contributed by atoms with Gasteiger partial charge < -0.3 is 25.1 Å². The second kappa shape index (κ2) is 9.54. The summed E-state index contributed by atoms with van der Waals surface area (Å²) < 4.78 is 10.0. The number of ether oxygens (including phenoxy) is 2. The van der Waals surface area contributed by atoms with E-state index in [4.69, 9.17) is 9.47 Å². The van der Waals surface area contributed by atoms with Crippen LogP contribution in [0.4, 0.5) is 5.69 Å². The summed E-state index contributed by atoms with van der Waals surface area (Å²) in [4.78, 5) is 50.8. The smallest absolute Gasteiger partial charge is 0.355 e. The lowest BCUT2D eigenvalue weighted by Crippen LogP contribution is -2.22. The van der Waals surface area contributed by atoms with E-state index in [2.05, 4.69) is 15.6 Å². The lowest BCUT2D eigenvalue weighted by molar-refractivity contribution is -0.119. The molecule has 3 N–H and O–H groups in total. The van der Waals surface area contributed by atoms with Gasteiger partial charge in [0.2, 0.25) is 0 Å². The third-order valence-corrected chi connectivity index (χ3v) is 4.09. The molecular weight excluding hydrogens is 378 g/mol. The fourth-order valence-corrected chi connectivity index (χ4v) is 2.75. The van der Waals surface area contributed by atoms with Gasteiger partial charge in [-0.3, -0.25) is 9.59 Å². The number of amides is 2. The molecule has 1 aromatic heterocycles. The van der Waals surface area contributed by atoms with Crippen LogP contribution in [-0.2, 0) is 14.3 Å². The number of carbonyl (C=O) groups is 4. The first kappa shape index (κ1) is 21.7. The maximum Gasteiger partial charge on any atom is 0.355 e. The molecule has 9 heteroatoms. The molecule has 0 spiro atoms. The van der Waals surface area contributed by atoms with E-state index in [0.717, 1.165) is 0 Å². The Hall–Kier alpha value is -3.62. The first-order valence-electron chi connectivity index (χ1n) is 8.93. The Bertz CT molecular complexity index is 948. The van der Waals surface area contributed by atoms with Gasteiger partial charge in [0.1, 0.15) is 5.69 Å². The van der Waals surface area contributed by atoms with Crippen molar-refractivity contribution in [1.29, 1.82) is 0 Å². The summed E-state index contributed by atoms with van der Waals surface area (Å²) in [6.07, 6.45) is 0. The number of aromatic amines is 1. The van der Waals surface area contributed by atoms with Crippen LogP contribution in [-0.4, -0.2) is 49.0 Å². The van der Waals surface area contributed by atoms with E-state index in [1.54, 1.807) is 39.0 Å². The highest BCUT2D eigenvalue weighted by atomic mass is 16.5. The summed E-state index contributed by atoms with van der Waals surface area (Å²) >= 11 is 0. The molecule has 29 heavy (non-hydrogen) atoms. The fourth-order valence-electron chi connectivity index (χ4n) is 2.75. The Kier molecular flexibility index (Phi) is 7.13. The van der Waals surface area contributed by atoms with Crippen LogP contribution >= 0.6 is 0 Å². The molecule has 0 radical (unpaired) electrons. The predicted octanol–water partition coefficient (Wildman–Crippen LogP) is 1.96. The van der Waals surface area contributed by atoms with E-state index in [9.17, 15) is 19.2 Å². The summed E-state index contributed by atoms with van der Waals surface area (Å²) in [5, 5.41) is 5.04. The fraction of sp³-hybridized carbons (Fsp3) is 0.300. The van der Waals surface area contributed by atoms with Gasteiger partial charge in [-0.1, -0.05) is 6.07 Å². The Morgan fingerprint density at radius 3 is 2.45 bits per heavy atom. The van der Waals surface area contributed by atoms with Gasteiger partial charge in [0.25, 0.3) is 11.8 Å². The molecule has 9 nitrogen and oxygen atoms in total. The van der Waals surface area contributed by atoms with E-state index in [1.807, 2.05) is 0 Å². The lowest BCUT2D eigenvalue weighted by Gasteiger charge is -2.08. The standard InChI is InChI=1S/C20H23N3O6/c1-5-28-19(26)16-11(2)17(22-12(16)3)20(27)29-10-15(24)23-14-8-6-7-13(9-14)18(25)21-4/h6-9,22H,5,10H2,1-4H3,(H,21,25)(H,23,24). The topological polar surface area (TPSA) is 127 Å². The van der Waals surface area contributed by atoms with Gasteiger partial charge in [-0.2, -0.15) is 0 Å². The van der Waals surface area contributed by atoms with Crippen molar-refractivity contribution in [3.8, 4) is 0 Å². The Labute approximate surface area is 167 Å². The summed E-state index contributed by atoms with van der Waals surface area (Å²) in [5.41, 5.74) is 2.00. The third-order valence-electron chi connectivity index (χ3n) is 4.09. The first-order chi connectivity index (χ1) is 13.8. The van der Waals surface area contributed by atoms with Crippen molar-refractivity contribution < 1.29 is 28.7 Å². The van der Waals surface area contributed by atoms with Gasteiger partial charge >= 0.3 is 11.9 Å². The highest BCUT2D eigenvalue weighted by Crippen LogP contribution is 2.20. The molecule has 0 aliphatic rings. The minimum Gasteiger partial charge on any atom is -0.462 e. The van der Waals surface area contributed by atoms with Crippen LogP contribution in [0.1, 0.15) is 49.4 Å². The van der Waals surface area contributed by atoms with Crippen molar-refractivity contribution in [3.63, 3.8) is 0 Å². The van der Waals surface area contributed by atoms with Crippen LogP contribution in [0.15, 0.2) is 24.3 Å². The molecule has 154 valence electrons. The first-order valence-corrected chi connectivity index (χ1v) is 8.93. The second-order valence-corrected chi connectivity index (χ2v) is 6.13. The number of rotatable bonds is 7. The highest BCUT2D eigenvalue weighted by Gasteiger charge is 2.24. The number of aryl methyl sites for hydroxylation is 1. The van der Waals surface area contributed by atoms with Crippen molar-refractivity contribution in [2.45, 2.75) is 20.8 Å². The number of benzene rings is 1. The zero-order chi connectivity index (χ0) is 21.6. The molecule has 2 aromatic rings. The maximum absolute atomic E-state index is 12.3. The Morgan fingerprint density at radius 1 is 1.07 bits per heavy atom. The molecular formula is C20H23N3O6. The van der Waals surface area contributed by atoms with Crippen molar-refractivity contribution in [1.82, 2.24) is 10.3 Å². The average Bonchev–Trinajstić information content (AvgIpc) is 3.00. The number of esters is 2. The Morgan fingerprint density at radius 2 is 1.79 bits per heavy atom. The predicted molar refractivity (Wildman–Crippen MR) is 105 cm³/mol. The third kappa shape index (κ3) is 5.22. The van der Waals surface area contributed by atoms with Crippen molar-refractivity contribution >= 4 is 29.4 Å². The second-order valence-electron chi connectivity index (χ2n) is 6.13. The van der Waals surface area contributed by atoms with Gasteiger partial charge in [0.05, 0.1) is 12.2 Å². The van der Waals surface area contributed by atoms with Gasteiger partial charge in [-0.25, -0.2) is 9.59 Å². The monoisotopic (exact) mass is 401 g/mol. The molecule has 0 aliphatic carbocycles. The van der Waals surface area contributed by atoms with Crippen LogP contribution in [0.3, 0.4) is 0 Å². The van der Waals surface area contributed by atoms with Crippen LogP contribution in [0.2, 0.25) is 0 Å². The van der Waals surface area contributed by atoms with E-state index >= 15 is 0 Å². The van der Waals surface area contributed by atoms with Crippen molar-refractivity contribution in [2.75, 3.05) is 25.6 Å². The van der Waals surface area contributed by atoms with Gasteiger partial charge in [-0.15, -0.1) is 0 Å². The molecule has 0 bridgehead atoms. The summed E-state index contributed by atoms with van der Waals surface area (Å²) in [7, 11) is 1.50. The molecule has 0 saturated heterocycles. The normalized spacial score (nSPS) is 10.2. The molecule has 2 amide bonds. The zero-order valence-electron chi connectivity index (χ0n) is 16.7. The van der Waals surface area contributed by atoms with Crippen LogP contribution in [0, 0.1) is 13.8 Å². The van der Waals surface area contributed by atoms with Gasteiger partial charge in [0, 0.05) is 24.0 Å². The van der Waals surface area contributed by atoms with Crippen LogP contribution in [0.5, 0.6) is 0 Å². The molecule has 0 saturated carbocycles. The summed E-state index contributed by atoms with van der Waals surface area (Å²) in [5.74, 6) is -2.16. The van der Waals surface area contributed by atoms with Gasteiger partial charge in [0.15, 0.2) is 6.61 Å². The van der Waals surface area contributed by atoms with Crippen LogP contribution in [0.25, 0.3) is 0 Å². The van der Waals surface area contributed by atoms with E-state index in [1.165, 1.54) is 13.1 Å². The van der Waals surface area contributed by atoms with E-state index in [0.29, 0.717) is 22.5 Å². The number of hydrogen-bond acceptors (Lipinski definition) is 6. The Balaban J connectivity index is 2.01. The van der Waals surface area contributed by atoms with Crippen LogP contribution < -0.4 is 10.6 Å². The quantitative estimate of drug-likeness (QED) is 0.609. The minimum absolute atomic E-state index is 0.0833. The van der Waals surface area contributed by atoms with E-state index < -0.39 is 24.5 Å². The maximum atomic E-state index is 12.3. The van der Waals surface area contributed by atoms with Crippen molar-refractivity contribution in [3.05, 3.63) is 52.3 Å². The molecule has 0 atom stereocenters. The average molecular weight is 401 g/mol. The number of aromatic nitrogens is 1. The van der Waals surface area contributed by atoms with Gasteiger partial charge in [-0.05, 0) is 44.5 Å². The van der Waals surface area contributed by atoms with Crippen molar-refractivity contribution in [2.24, 2.45) is 0 Å². The molecule has 0 unspecified atom stereocenters. The highest BCUT2D eigenvalue weighted by molar-refractivity contribution is 6.00. The zero-order valence-corrected chi connectivity index (χ0v) is 16.7. The van der Waals surface area contributed by atoms with E-state index in [-0.39, 0.29) is 23.8 Å². The number of carbonyl (C=O) groups excluding carboxylic acids is 4.